The van der Waals surface area contributed by atoms with Crippen LogP contribution in [0.1, 0.15) is 22.3 Å². The van der Waals surface area contributed by atoms with Gasteiger partial charge in [-0.05, 0) is 104 Å². The second-order valence-corrected chi connectivity index (χ2v) is 17.5. The topological polar surface area (TPSA) is 3.24 Å². The van der Waals surface area contributed by atoms with Gasteiger partial charge in [0.1, 0.15) is 0 Å². The number of anilines is 3. The molecule has 0 spiro atoms. The molecular formula is C61H41NS. The van der Waals surface area contributed by atoms with Gasteiger partial charge in [-0.25, -0.2) is 0 Å². The van der Waals surface area contributed by atoms with Crippen molar-refractivity contribution >= 4 is 48.6 Å². The summed E-state index contributed by atoms with van der Waals surface area (Å²) in [6.45, 7) is 0. The van der Waals surface area contributed by atoms with Gasteiger partial charge in [0.2, 0.25) is 0 Å². The fourth-order valence-corrected chi connectivity index (χ4v) is 11.3. The minimum atomic E-state index is -0.584. The van der Waals surface area contributed by atoms with Crippen molar-refractivity contribution in [3.63, 3.8) is 0 Å². The lowest BCUT2D eigenvalue weighted by Gasteiger charge is -2.35. The first-order valence-electron chi connectivity index (χ1n) is 21.7. The van der Waals surface area contributed by atoms with E-state index in [4.69, 9.17) is 0 Å². The molecule has 1 aliphatic rings. The number of para-hydroxylation sites is 1. The molecule has 0 saturated heterocycles. The maximum absolute atomic E-state index is 2.54. The van der Waals surface area contributed by atoms with Crippen LogP contribution in [0.3, 0.4) is 0 Å². The molecule has 0 amide bonds. The molecule has 10 aromatic carbocycles. The molecule has 2 heteroatoms. The molecule has 0 radical (unpaired) electrons. The first-order valence-corrected chi connectivity index (χ1v) is 22.5. The summed E-state index contributed by atoms with van der Waals surface area (Å²) in [4.78, 5) is 2.54. The highest BCUT2D eigenvalue weighted by atomic mass is 32.1. The summed E-state index contributed by atoms with van der Waals surface area (Å²) in [5.74, 6) is 0. The van der Waals surface area contributed by atoms with Gasteiger partial charge in [-0.3, -0.25) is 0 Å². The van der Waals surface area contributed by atoms with Gasteiger partial charge in [0.05, 0.1) is 11.1 Å². The number of benzene rings is 10. The van der Waals surface area contributed by atoms with Crippen LogP contribution in [0.25, 0.3) is 64.7 Å². The van der Waals surface area contributed by atoms with Gasteiger partial charge >= 0.3 is 0 Å². The molecule has 1 heterocycles. The Hall–Kier alpha value is -7.78. The van der Waals surface area contributed by atoms with Gasteiger partial charge in [0, 0.05) is 37.1 Å². The Kier molecular flexibility index (Phi) is 8.98. The molecule has 0 aliphatic heterocycles. The van der Waals surface area contributed by atoms with Crippen molar-refractivity contribution < 1.29 is 0 Å². The lowest BCUT2D eigenvalue weighted by Crippen LogP contribution is -2.28. The summed E-state index contributed by atoms with van der Waals surface area (Å²) in [5, 5.41) is 2.54. The van der Waals surface area contributed by atoms with Crippen molar-refractivity contribution in [2.75, 3.05) is 4.90 Å². The minimum absolute atomic E-state index is 0.584. The van der Waals surface area contributed by atoms with Crippen LogP contribution in [-0.2, 0) is 5.41 Å². The lowest BCUT2D eigenvalue weighted by molar-refractivity contribution is 0.770. The molecular weight excluding hydrogens is 779 g/mol. The number of hydrogen-bond donors (Lipinski definition) is 0. The van der Waals surface area contributed by atoms with Gasteiger partial charge in [-0.2, -0.15) is 0 Å². The third-order valence-electron chi connectivity index (χ3n) is 12.9. The van der Waals surface area contributed by atoms with Crippen LogP contribution in [0.15, 0.2) is 249 Å². The van der Waals surface area contributed by atoms with Crippen LogP contribution in [0.2, 0.25) is 0 Å². The highest BCUT2D eigenvalue weighted by molar-refractivity contribution is 7.26. The Bertz CT molecular complexity index is 3360. The Morgan fingerprint density at radius 3 is 1.37 bits per heavy atom. The number of thiophene rings is 1. The van der Waals surface area contributed by atoms with E-state index in [-0.39, 0.29) is 0 Å². The second kappa shape index (κ2) is 15.3. The summed E-state index contributed by atoms with van der Waals surface area (Å²) in [6.07, 6.45) is 0. The molecule has 11 aromatic rings. The first-order chi connectivity index (χ1) is 31.3. The van der Waals surface area contributed by atoms with E-state index in [1.807, 2.05) is 11.3 Å². The number of hydrogen-bond acceptors (Lipinski definition) is 2. The maximum atomic E-state index is 2.54. The van der Waals surface area contributed by atoms with Crippen molar-refractivity contribution in [3.8, 4) is 44.5 Å². The zero-order valence-electron chi connectivity index (χ0n) is 34.5. The Morgan fingerprint density at radius 1 is 0.333 bits per heavy atom. The predicted octanol–water partition coefficient (Wildman–Crippen LogP) is 16.9. The Morgan fingerprint density at radius 2 is 0.778 bits per heavy atom. The molecule has 0 atom stereocenters. The lowest BCUT2D eigenvalue weighted by atomic mass is 9.67. The maximum Gasteiger partial charge on any atom is 0.0714 e. The van der Waals surface area contributed by atoms with Crippen LogP contribution in [-0.4, -0.2) is 0 Å². The average Bonchev–Trinajstić information content (AvgIpc) is 3.89. The molecule has 0 unspecified atom stereocenters. The minimum Gasteiger partial charge on any atom is -0.309 e. The van der Waals surface area contributed by atoms with Crippen LogP contribution < -0.4 is 4.90 Å². The van der Waals surface area contributed by atoms with E-state index in [0.717, 1.165) is 11.4 Å². The summed E-state index contributed by atoms with van der Waals surface area (Å²) in [6, 6.07) is 91.6. The molecule has 0 bridgehead atoms. The highest BCUT2D eigenvalue weighted by Crippen LogP contribution is 2.63. The molecule has 12 rings (SSSR count). The number of rotatable bonds is 8. The van der Waals surface area contributed by atoms with E-state index in [1.54, 1.807) is 0 Å². The van der Waals surface area contributed by atoms with Gasteiger partial charge in [0.25, 0.3) is 0 Å². The van der Waals surface area contributed by atoms with Crippen molar-refractivity contribution in [2.24, 2.45) is 0 Å². The third-order valence-corrected chi connectivity index (χ3v) is 14.1. The fraction of sp³-hybridized carbons (Fsp3) is 0.0164. The zero-order chi connectivity index (χ0) is 41.7. The standard InChI is InChI=1S/C61H41NS/c1-6-18-42(19-7-1)44-30-32-45(33-31-44)46-34-37-51(38-35-46)62(50-26-14-5-15-27-50)60-58-53-40-47(43-20-8-2-9-21-43)36-39-54(53)61(48-22-10-3-11-23-48,49-24-12-4-13-25-49)55(58)41-57-59(60)52-28-16-17-29-56(52)63-57/h1-41H. The van der Waals surface area contributed by atoms with Crippen LogP contribution in [0.4, 0.5) is 17.1 Å². The van der Waals surface area contributed by atoms with E-state index < -0.39 is 5.41 Å². The third kappa shape index (κ3) is 6.06. The van der Waals surface area contributed by atoms with Gasteiger partial charge in [0.15, 0.2) is 0 Å². The normalized spacial score (nSPS) is 12.6. The molecule has 296 valence electrons. The summed E-state index contributed by atoms with van der Waals surface area (Å²) in [7, 11) is 0. The van der Waals surface area contributed by atoms with Crippen LogP contribution >= 0.6 is 11.3 Å². The van der Waals surface area contributed by atoms with E-state index in [0.29, 0.717) is 0 Å². The van der Waals surface area contributed by atoms with Crippen molar-refractivity contribution in [1.29, 1.82) is 0 Å². The smallest absolute Gasteiger partial charge is 0.0714 e. The number of nitrogens with zero attached hydrogens (tertiary/aromatic N) is 1. The molecule has 63 heavy (non-hydrogen) atoms. The summed E-state index contributed by atoms with van der Waals surface area (Å²) >= 11 is 1.89. The highest BCUT2D eigenvalue weighted by Gasteiger charge is 2.48. The molecule has 0 fully saturated rings. The van der Waals surface area contributed by atoms with Crippen LogP contribution in [0.5, 0.6) is 0 Å². The van der Waals surface area contributed by atoms with E-state index >= 15 is 0 Å². The number of fused-ring (bicyclic) bond motifs is 6. The summed E-state index contributed by atoms with van der Waals surface area (Å²) in [5.41, 5.74) is 17.7. The van der Waals surface area contributed by atoms with E-state index in [1.165, 1.54) is 92.6 Å². The van der Waals surface area contributed by atoms with Crippen molar-refractivity contribution in [2.45, 2.75) is 5.41 Å². The molecule has 1 aromatic heterocycles. The molecule has 1 aliphatic carbocycles. The Labute approximate surface area is 372 Å². The average molecular weight is 820 g/mol. The van der Waals surface area contributed by atoms with E-state index in [2.05, 4.69) is 254 Å². The zero-order valence-corrected chi connectivity index (χ0v) is 35.3. The predicted molar refractivity (Wildman–Crippen MR) is 268 cm³/mol. The van der Waals surface area contributed by atoms with E-state index in [9.17, 15) is 0 Å². The molecule has 0 saturated carbocycles. The van der Waals surface area contributed by atoms with Crippen LogP contribution in [0, 0.1) is 0 Å². The monoisotopic (exact) mass is 819 g/mol. The van der Waals surface area contributed by atoms with Crippen molar-refractivity contribution in [1.82, 2.24) is 0 Å². The summed E-state index contributed by atoms with van der Waals surface area (Å²) < 4.78 is 2.55. The second-order valence-electron chi connectivity index (χ2n) is 16.4. The van der Waals surface area contributed by atoms with Gasteiger partial charge < -0.3 is 4.90 Å². The Balaban J connectivity index is 1.17. The van der Waals surface area contributed by atoms with Crippen molar-refractivity contribution in [3.05, 3.63) is 271 Å². The van der Waals surface area contributed by atoms with Gasteiger partial charge in [-0.1, -0.05) is 206 Å². The largest absolute Gasteiger partial charge is 0.309 e. The molecule has 0 N–H and O–H groups in total. The first kappa shape index (κ1) is 37.0. The SMILES string of the molecule is c1ccc(-c2ccc(-c3ccc(N(c4ccccc4)c4c5c(cc6sc7ccccc7c46)C(c4ccccc4)(c4ccccc4)c4ccc(-c6ccccc6)cc4-5)cc3)cc2)cc1. The van der Waals surface area contributed by atoms with Gasteiger partial charge in [-0.15, -0.1) is 11.3 Å². The quantitative estimate of drug-likeness (QED) is 0.148. The fourth-order valence-electron chi connectivity index (χ4n) is 10.1. The molecule has 1 nitrogen and oxygen atoms in total.